The van der Waals surface area contributed by atoms with Crippen molar-refractivity contribution in [1.82, 2.24) is 5.32 Å². The summed E-state index contributed by atoms with van der Waals surface area (Å²) in [7, 11) is 0. The molecule has 3 unspecified atom stereocenters. The summed E-state index contributed by atoms with van der Waals surface area (Å²) in [6, 6.07) is -0.710. The van der Waals surface area contributed by atoms with Gasteiger partial charge in [-0.1, -0.05) is 224 Å². The van der Waals surface area contributed by atoms with Crippen LogP contribution in [-0.2, 0) is 14.3 Å². The van der Waals surface area contributed by atoms with Crippen molar-refractivity contribution < 1.29 is 24.5 Å². The maximum absolute atomic E-state index is 13.2. The summed E-state index contributed by atoms with van der Waals surface area (Å²) in [6.07, 6.45) is 56.4. The van der Waals surface area contributed by atoms with E-state index in [0.29, 0.717) is 19.3 Å². The van der Waals surface area contributed by atoms with Gasteiger partial charge in [0, 0.05) is 6.42 Å². The van der Waals surface area contributed by atoms with Gasteiger partial charge in [0.05, 0.1) is 25.2 Å². The van der Waals surface area contributed by atoms with Crippen molar-refractivity contribution in [2.24, 2.45) is 0 Å². The molecule has 0 rings (SSSR count). The Bertz CT molecular complexity index is 993. The van der Waals surface area contributed by atoms with Crippen LogP contribution in [0.4, 0.5) is 0 Å². The molecule has 0 radical (unpaired) electrons. The highest BCUT2D eigenvalue weighted by Crippen LogP contribution is 2.17. The smallest absolute Gasteiger partial charge is 0.306 e. The monoisotopic (exact) mass is 844 g/mol. The number of unbranched alkanes of at least 4 members (excludes halogenated alkanes) is 30. The number of amides is 1. The molecule has 0 aromatic rings. The van der Waals surface area contributed by atoms with Gasteiger partial charge in [-0.15, -0.1) is 0 Å². The SMILES string of the molecule is CCCCCCCCC/C=C\CCCC(CC(=O)NC(CO)C(O)CCCCCCCCCCCCC)OC(=O)CCCCCCC/C=C/C=C/CCCCCCCCC. The number of rotatable bonds is 47. The molecule has 1 amide bonds. The van der Waals surface area contributed by atoms with Crippen LogP contribution in [0.25, 0.3) is 0 Å². The van der Waals surface area contributed by atoms with E-state index in [0.717, 1.165) is 70.6 Å². The molecule has 0 aliphatic heterocycles. The third-order valence-corrected chi connectivity index (χ3v) is 12.0. The molecule has 60 heavy (non-hydrogen) atoms. The third kappa shape index (κ3) is 42.8. The van der Waals surface area contributed by atoms with Crippen molar-refractivity contribution in [2.45, 2.75) is 289 Å². The third-order valence-electron chi connectivity index (χ3n) is 12.0. The zero-order valence-corrected chi connectivity index (χ0v) is 40.1. The van der Waals surface area contributed by atoms with Crippen LogP contribution in [0.5, 0.6) is 0 Å². The van der Waals surface area contributed by atoms with E-state index >= 15 is 0 Å². The number of carbonyl (C=O) groups is 2. The van der Waals surface area contributed by atoms with Crippen LogP contribution in [-0.4, -0.2) is 46.9 Å². The minimum absolute atomic E-state index is 0.0526. The van der Waals surface area contributed by atoms with E-state index in [-0.39, 0.29) is 24.9 Å². The summed E-state index contributed by atoms with van der Waals surface area (Å²) < 4.78 is 5.91. The molecule has 0 aromatic heterocycles. The summed E-state index contributed by atoms with van der Waals surface area (Å²) >= 11 is 0. The molecule has 3 atom stereocenters. The summed E-state index contributed by atoms with van der Waals surface area (Å²) in [6.45, 7) is 6.46. The number of aliphatic hydroxyl groups is 2. The van der Waals surface area contributed by atoms with Crippen molar-refractivity contribution in [2.75, 3.05) is 6.61 Å². The van der Waals surface area contributed by atoms with Gasteiger partial charge in [-0.05, 0) is 70.6 Å². The fraction of sp³-hybridized carbons (Fsp3) is 0.852. The molecule has 0 saturated heterocycles. The molecule has 0 bridgehead atoms. The zero-order valence-electron chi connectivity index (χ0n) is 40.1. The van der Waals surface area contributed by atoms with Gasteiger partial charge in [0.1, 0.15) is 6.10 Å². The zero-order chi connectivity index (χ0) is 43.8. The normalized spacial score (nSPS) is 13.5. The highest BCUT2D eigenvalue weighted by Gasteiger charge is 2.24. The van der Waals surface area contributed by atoms with E-state index < -0.39 is 18.2 Å². The van der Waals surface area contributed by atoms with Gasteiger partial charge in [0.2, 0.25) is 5.91 Å². The molecular formula is C54H101NO5. The van der Waals surface area contributed by atoms with Crippen molar-refractivity contribution in [3.05, 3.63) is 36.5 Å². The summed E-state index contributed by atoms with van der Waals surface area (Å²) in [5.41, 5.74) is 0. The lowest BCUT2D eigenvalue weighted by molar-refractivity contribution is -0.151. The standard InChI is InChI=1S/C54H101NO5/c1-4-7-10-13-16-19-22-24-25-26-27-28-29-32-35-38-41-44-47-54(59)60-50(45-42-39-36-33-31-23-20-17-14-11-8-5-2)48-53(58)55-51(49-56)52(57)46-43-40-37-34-30-21-18-15-12-9-6-3/h25-28,33,36,50-52,56-57H,4-24,29-32,34-35,37-49H2,1-3H3,(H,55,58)/b26-25+,28-27+,36-33-. The van der Waals surface area contributed by atoms with Crippen molar-refractivity contribution in [3.8, 4) is 0 Å². The Labute approximate surface area is 373 Å². The molecular weight excluding hydrogens is 743 g/mol. The van der Waals surface area contributed by atoms with Gasteiger partial charge >= 0.3 is 5.97 Å². The molecule has 3 N–H and O–H groups in total. The Balaban J connectivity index is 4.57. The number of carbonyl (C=O) groups excluding carboxylic acids is 2. The van der Waals surface area contributed by atoms with Crippen molar-refractivity contribution in [1.29, 1.82) is 0 Å². The predicted octanol–water partition coefficient (Wildman–Crippen LogP) is 15.7. The number of allylic oxidation sites excluding steroid dienone is 6. The van der Waals surface area contributed by atoms with Crippen LogP contribution in [0.1, 0.15) is 271 Å². The first kappa shape index (κ1) is 58.1. The highest BCUT2D eigenvalue weighted by molar-refractivity contribution is 5.77. The lowest BCUT2D eigenvalue weighted by atomic mass is 10.0. The predicted molar refractivity (Wildman–Crippen MR) is 259 cm³/mol. The fourth-order valence-corrected chi connectivity index (χ4v) is 7.95. The molecule has 0 aromatic carbocycles. The minimum Gasteiger partial charge on any atom is -0.462 e. The second-order valence-corrected chi connectivity index (χ2v) is 17.9. The Morgan fingerprint density at radius 1 is 0.483 bits per heavy atom. The first-order chi connectivity index (χ1) is 29.5. The van der Waals surface area contributed by atoms with Crippen LogP contribution in [0.15, 0.2) is 36.5 Å². The summed E-state index contributed by atoms with van der Waals surface area (Å²) in [5.74, 6) is -0.513. The van der Waals surface area contributed by atoms with Crippen LogP contribution >= 0.6 is 0 Å². The molecule has 352 valence electrons. The van der Waals surface area contributed by atoms with Gasteiger partial charge in [-0.3, -0.25) is 9.59 Å². The Morgan fingerprint density at radius 3 is 1.32 bits per heavy atom. The van der Waals surface area contributed by atoms with Gasteiger partial charge < -0.3 is 20.3 Å². The van der Waals surface area contributed by atoms with Crippen molar-refractivity contribution in [3.63, 3.8) is 0 Å². The van der Waals surface area contributed by atoms with Crippen molar-refractivity contribution >= 4 is 11.9 Å². The van der Waals surface area contributed by atoms with Gasteiger partial charge in [-0.2, -0.15) is 0 Å². The molecule has 0 heterocycles. The Morgan fingerprint density at radius 2 is 0.867 bits per heavy atom. The van der Waals surface area contributed by atoms with Gasteiger partial charge in [0.25, 0.3) is 0 Å². The lowest BCUT2D eigenvalue weighted by Crippen LogP contribution is -2.46. The average molecular weight is 844 g/mol. The second kappa shape index (κ2) is 48.1. The van der Waals surface area contributed by atoms with E-state index in [1.54, 1.807) is 0 Å². The number of nitrogens with one attached hydrogen (secondary N) is 1. The molecule has 6 nitrogen and oxygen atoms in total. The molecule has 0 aliphatic carbocycles. The second-order valence-electron chi connectivity index (χ2n) is 17.9. The maximum atomic E-state index is 13.2. The van der Waals surface area contributed by atoms with E-state index in [9.17, 15) is 19.8 Å². The topological polar surface area (TPSA) is 95.9 Å². The van der Waals surface area contributed by atoms with Crippen LogP contribution in [0.2, 0.25) is 0 Å². The van der Waals surface area contributed by atoms with Crippen LogP contribution in [0.3, 0.4) is 0 Å². The van der Waals surface area contributed by atoms with E-state index in [1.165, 1.54) is 154 Å². The van der Waals surface area contributed by atoms with Gasteiger partial charge in [-0.25, -0.2) is 0 Å². The lowest BCUT2D eigenvalue weighted by Gasteiger charge is -2.24. The maximum Gasteiger partial charge on any atom is 0.306 e. The number of esters is 1. The highest BCUT2D eigenvalue weighted by atomic mass is 16.5. The molecule has 6 heteroatoms. The number of hydrogen-bond donors (Lipinski definition) is 3. The van der Waals surface area contributed by atoms with E-state index in [4.69, 9.17) is 4.74 Å². The van der Waals surface area contributed by atoms with Crippen LogP contribution in [0, 0.1) is 0 Å². The number of aliphatic hydroxyl groups excluding tert-OH is 2. The minimum atomic E-state index is -0.794. The average Bonchev–Trinajstić information content (AvgIpc) is 3.24. The van der Waals surface area contributed by atoms with E-state index in [2.05, 4.69) is 62.5 Å². The summed E-state index contributed by atoms with van der Waals surface area (Å²) in [4.78, 5) is 26.1. The van der Waals surface area contributed by atoms with Crippen LogP contribution < -0.4 is 5.32 Å². The number of ether oxygens (including phenoxy) is 1. The Kier molecular flexibility index (Phi) is 46.6. The fourth-order valence-electron chi connectivity index (χ4n) is 7.95. The summed E-state index contributed by atoms with van der Waals surface area (Å²) in [5, 5.41) is 23.7. The molecule has 0 aliphatic rings. The molecule has 0 fully saturated rings. The first-order valence-corrected chi connectivity index (χ1v) is 26.2. The number of hydrogen-bond acceptors (Lipinski definition) is 5. The van der Waals surface area contributed by atoms with Gasteiger partial charge in [0.15, 0.2) is 0 Å². The molecule has 0 spiro atoms. The quantitative estimate of drug-likeness (QED) is 0.0245. The largest absolute Gasteiger partial charge is 0.462 e. The molecule has 0 saturated carbocycles. The van der Waals surface area contributed by atoms with E-state index in [1.807, 2.05) is 0 Å². The Hall–Kier alpha value is -1.92. The first-order valence-electron chi connectivity index (χ1n) is 26.2.